The molecule has 1 aromatic carbocycles. The van der Waals surface area contributed by atoms with Crippen molar-refractivity contribution in [3.05, 3.63) is 40.3 Å². The zero-order valence-corrected chi connectivity index (χ0v) is 14.1. The molecular formula is C17H20N2O3S. The van der Waals surface area contributed by atoms with Crippen molar-refractivity contribution in [2.45, 2.75) is 20.0 Å². The highest BCUT2D eigenvalue weighted by Gasteiger charge is 2.32. The Morgan fingerprint density at radius 2 is 2.26 bits per heavy atom. The predicted octanol–water partition coefficient (Wildman–Crippen LogP) is 3.12. The van der Waals surface area contributed by atoms with Crippen LogP contribution in [0.1, 0.15) is 29.4 Å². The van der Waals surface area contributed by atoms with E-state index in [0.29, 0.717) is 29.6 Å². The van der Waals surface area contributed by atoms with Gasteiger partial charge in [-0.2, -0.15) is 0 Å². The average molecular weight is 332 g/mol. The molecule has 2 aromatic rings. The van der Waals surface area contributed by atoms with E-state index in [0.717, 1.165) is 18.2 Å². The highest BCUT2D eigenvalue weighted by Crippen LogP contribution is 2.36. The molecule has 1 aliphatic rings. The molecule has 1 aromatic heterocycles. The highest BCUT2D eigenvalue weighted by atomic mass is 32.1. The maximum absolute atomic E-state index is 12.2. The topological polar surface area (TPSA) is 60.5 Å². The molecule has 1 N–H and O–H groups in total. The van der Waals surface area contributed by atoms with Crippen molar-refractivity contribution in [3.8, 4) is 11.5 Å². The largest absolute Gasteiger partial charge is 0.493 e. The van der Waals surface area contributed by atoms with E-state index in [1.807, 2.05) is 5.38 Å². The number of hydrogen-bond donors (Lipinski definition) is 1. The SMILES string of the molecule is COc1cc(C(=O)NC[C@H]2C[C@@H]2C)ccc1OCc1cscn1. The summed E-state index contributed by atoms with van der Waals surface area (Å²) < 4.78 is 11.1. The number of hydrogen-bond acceptors (Lipinski definition) is 5. The molecule has 1 fully saturated rings. The highest BCUT2D eigenvalue weighted by molar-refractivity contribution is 7.07. The zero-order chi connectivity index (χ0) is 16.2. The van der Waals surface area contributed by atoms with Crippen LogP contribution in [-0.4, -0.2) is 24.5 Å². The third-order valence-corrected chi connectivity index (χ3v) is 4.72. The van der Waals surface area contributed by atoms with E-state index in [1.54, 1.807) is 30.8 Å². The number of rotatable bonds is 7. The maximum Gasteiger partial charge on any atom is 0.251 e. The van der Waals surface area contributed by atoms with Crippen LogP contribution in [0.25, 0.3) is 0 Å². The van der Waals surface area contributed by atoms with Crippen molar-refractivity contribution < 1.29 is 14.3 Å². The fourth-order valence-corrected chi connectivity index (χ4v) is 2.94. The first-order valence-corrected chi connectivity index (χ1v) is 8.57. The lowest BCUT2D eigenvalue weighted by molar-refractivity contribution is 0.0951. The number of nitrogens with one attached hydrogen (secondary N) is 1. The Labute approximate surface area is 139 Å². The van der Waals surface area contributed by atoms with Crippen LogP contribution < -0.4 is 14.8 Å². The standard InChI is InChI=1S/C17H20N2O3S/c1-11-5-13(11)7-18-17(20)12-3-4-15(16(6-12)21-2)22-8-14-9-23-10-19-14/h3-4,6,9-11,13H,5,7-8H2,1-2H3,(H,18,20)/t11-,13+/m0/s1. The number of carbonyl (C=O) groups is 1. The van der Waals surface area contributed by atoms with Gasteiger partial charge in [0, 0.05) is 17.5 Å². The van der Waals surface area contributed by atoms with Gasteiger partial charge in [0.05, 0.1) is 18.3 Å². The molecule has 0 unspecified atom stereocenters. The van der Waals surface area contributed by atoms with E-state index >= 15 is 0 Å². The molecule has 0 bridgehead atoms. The molecule has 0 spiro atoms. The van der Waals surface area contributed by atoms with Crippen molar-refractivity contribution in [1.82, 2.24) is 10.3 Å². The number of aromatic nitrogens is 1. The zero-order valence-electron chi connectivity index (χ0n) is 13.2. The van der Waals surface area contributed by atoms with Gasteiger partial charge < -0.3 is 14.8 Å². The molecule has 6 heteroatoms. The minimum atomic E-state index is -0.0755. The molecule has 1 aliphatic carbocycles. The Hall–Kier alpha value is -2.08. The van der Waals surface area contributed by atoms with Gasteiger partial charge in [-0.15, -0.1) is 11.3 Å². The van der Waals surface area contributed by atoms with Crippen LogP contribution in [-0.2, 0) is 6.61 Å². The van der Waals surface area contributed by atoms with Crippen molar-refractivity contribution in [2.24, 2.45) is 11.8 Å². The number of amides is 1. The number of methoxy groups -OCH3 is 1. The van der Waals surface area contributed by atoms with E-state index in [2.05, 4.69) is 17.2 Å². The van der Waals surface area contributed by atoms with E-state index in [-0.39, 0.29) is 5.91 Å². The summed E-state index contributed by atoms with van der Waals surface area (Å²) in [6, 6.07) is 5.23. The minimum absolute atomic E-state index is 0.0755. The van der Waals surface area contributed by atoms with Crippen LogP contribution in [0.3, 0.4) is 0 Å². The summed E-state index contributed by atoms with van der Waals surface area (Å²) in [5.41, 5.74) is 3.22. The Bertz CT molecular complexity index is 672. The summed E-state index contributed by atoms with van der Waals surface area (Å²) in [6.07, 6.45) is 1.20. The van der Waals surface area contributed by atoms with Crippen LogP contribution in [0.5, 0.6) is 11.5 Å². The summed E-state index contributed by atoms with van der Waals surface area (Å²) in [4.78, 5) is 16.4. The second-order valence-electron chi connectivity index (χ2n) is 5.82. The second-order valence-corrected chi connectivity index (χ2v) is 6.54. The molecular weight excluding hydrogens is 312 g/mol. The smallest absolute Gasteiger partial charge is 0.251 e. The molecule has 3 rings (SSSR count). The van der Waals surface area contributed by atoms with Gasteiger partial charge in [-0.1, -0.05) is 6.92 Å². The Balaban J connectivity index is 1.62. The number of ether oxygens (including phenoxy) is 2. The Morgan fingerprint density at radius 1 is 1.43 bits per heavy atom. The van der Waals surface area contributed by atoms with E-state index in [4.69, 9.17) is 9.47 Å². The summed E-state index contributed by atoms with van der Waals surface area (Å²) in [5, 5.41) is 4.91. The molecule has 122 valence electrons. The number of thiazole rings is 1. The monoisotopic (exact) mass is 332 g/mol. The van der Waals surface area contributed by atoms with Crippen LogP contribution in [0.2, 0.25) is 0 Å². The third kappa shape index (κ3) is 4.01. The molecule has 1 saturated carbocycles. The van der Waals surface area contributed by atoms with Crippen molar-refractivity contribution in [2.75, 3.05) is 13.7 Å². The molecule has 0 aliphatic heterocycles. The van der Waals surface area contributed by atoms with Gasteiger partial charge in [0.15, 0.2) is 11.5 Å². The van der Waals surface area contributed by atoms with E-state index in [9.17, 15) is 4.79 Å². The van der Waals surface area contributed by atoms with Gasteiger partial charge in [0.25, 0.3) is 5.91 Å². The van der Waals surface area contributed by atoms with Crippen molar-refractivity contribution >= 4 is 17.2 Å². The molecule has 1 heterocycles. The first-order chi connectivity index (χ1) is 11.2. The lowest BCUT2D eigenvalue weighted by Gasteiger charge is -2.11. The van der Waals surface area contributed by atoms with E-state index < -0.39 is 0 Å². The van der Waals surface area contributed by atoms with Crippen molar-refractivity contribution in [1.29, 1.82) is 0 Å². The van der Waals surface area contributed by atoms with Gasteiger partial charge in [-0.25, -0.2) is 4.98 Å². The summed E-state index contributed by atoms with van der Waals surface area (Å²) >= 11 is 1.53. The van der Waals surface area contributed by atoms with Crippen LogP contribution in [0, 0.1) is 11.8 Å². The Kier molecular flexibility index (Phi) is 4.81. The lowest BCUT2D eigenvalue weighted by Crippen LogP contribution is -2.25. The van der Waals surface area contributed by atoms with Gasteiger partial charge in [0.2, 0.25) is 0 Å². The van der Waals surface area contributed by atoms with Crippen LogP contribution >= 0.6 is 11.3 Å². The normalized spacial score (nSPS) is 19.2. The number of benzene rings is 1. The maximum atomic E-state index is 12.2. The van der Waals surface area contributed by atoms with Crippen LogP contribution in [0.15, 0.2) is 29.1 Å². The first-order valence-electron chi connectivity index (χ1n) is 7.63. The second kappa shape index (κ2) is 7.00. The lowest BCUT2D eigenvalue weighted by atomic mass is 10.2. The molecule has 5 nitrogen and oxygen atoms in total. The average Bonchev–Trinajstić information content (AvgIpc) is 3.04. The van der Waals surface area contributed by atoms with Crippen LogP contribution in [0.4, 0.5) is 0 Å². The summed E-state index contributed by atoms with van der Waals surface area (Å²) in [6.45, 7) is 3.32. The fourth-order valence-electron chi connectivity index (χ4n) is 2.40. The molecule has 1 amide bonds. The van der Waals surface area contributed by atoms with Crippen molar-refractivity contribution in [3.63, 3.8) is 0 Å². The Morgan fingerprint density at radius 3 is 2.91 bits per heavy atom. The molecule has 0 radical (unpaired) electrons. The van der Waals surface area contributed by atoms with Gasteiger partial charge in [-0.05, 0) is 36.5 Å². The van der Waals surface area contributed by atoms with Gasteiger partial charge >= 0.3 is 0 Å². The molecule has 0 saturated heterocycles. The van der Waals surface area contributed by atoms with Gasteiger partial charge in [-0.3, -0.25) is 4.79 Å². The number of nitrogens with zero attached hydrogens (tertiary/aromatic N) is 1. The van der Waals surface area contributed by atoms with E-state index in [1.165, 1.54) is 17.8 Å². The molecule has 2 atom stereocenters. The predicted molar refractivity (Wildman–Crippen MR) is 89.0 cm³/mol. The quantitative estimate of drug-likeness (QED) is 0.846. The summed E-state index contributed by atoms with van der Waals surface area (Å²) in [5.74, 6) is 2.43. The number of carbonyl (C=O) groups excluding carboxylic acids is 1. The third-order valence-electron chi connectivity index (χ3n) is 4.09. The van der Waals surface area contributed by atoms with Gasteiger partial charge in [0.1, 0.15) is 6.61 Å². The summed E-state index contributed by atoms with van der Waals surface area (Å²) in [7, 11) is 1.57. The molecule has 23 heavy (non-hydrogen) atoms. The fraction of sp³-hybridized carbons (Fsp3) is 0.412. The first kappa shape index (κ1) is 15.8. The minimum Gasteiger partial charge on any atom is -0.493 e.